The predicted octanol–water partition coefficient (Wildman–Crippen LogP) is 1.22. The zero-order valence-electron chi connectivity index (χ0n) is 20.3. The zero-order chi connectivity index (χ0) is 27.1. The molecule has 0 aromatic heterocycles. The van der Waals surface area contributed by atoms with Gasteiger partial charge in [-0.15, -0.1) is 0 Å². The molecule has 0 saturated carbocycles. The molecule has 0 radical (unpaired) electrons. The largest absolute Gasteiger partial charge is 0.480 e. The number of aryl methyl sites for hydroxylation is 1. The smallest absolute Gasteiger partial charge is 0.336 e. The van der Waals surface area contributed by atoms with E-state index in [1.807, 2.05) is 0 Å². The number of carboxylic acid groups (broad SMARTS) is 3. The van der Waals surface area contributed by atoms with E-state index in [2.05, 4.69) is 35.4 Å². The van der Waals surface area contributed by atoms with Crippen molar-refractivity contribution in [1.29, 1.82) is 0 Å². The lowest BCUT2D eigenvalue weighted by atomic mass is 10.0. The number of aliphatic imine (C=N–C) groups is 1. The van der Waals surface area contributed by atoms with E-state index in [9.17, 15) is 14.4 Å². The highest BCUT2D eigenvalue weighted by Gasteiger charge is 2.13. The van der Waals surface area contributed by atoms with Crippen LogP contribution in [0, 0.1) is 6.92 Å². The van der Waals surface area contributed by atoms with Crippen LogP contribution in [-0.2, 0) is 17.6 Å². The van der Waals surface area contributed by atoms with Crippen LogP contribution in [0.2, 0.25) is 0 Å². The van der Waals surface area contributed by atoms with Crippen molar-refractivity contribution in [2.24, 2.45) is 22.2 Å². The van der Waals surface area contributed by atoms with E-state index in [0.717, 1.165) is 13.1 Å². The van der Waals surface area contributed by atoms with Gasteiger partial charge in [-0.2, -0.15) is 0 Å². The number of aromatic carboxylic acids is 2. The average molecular weight is 502 g/mol. The molecule has 1 unspecified atom stereocenters. The molecule has 11 nitrogen and oxygen atoms in total. The van der Waals surface area contributed by atoms with E-state index in [0.29, 0.717) is 19.4 Å². The molecular formula is C25H35N5O6. The Kier molecular flexibility index (Phi) is 13.2. The molecule has 36 heavy (non-hydrogen) atoms. The fraction of sp³-hybridized carbons (Fsp3) is 0.360. The maximum absolute atomic E-state index is 10.5. The summed E-state index contributed by atoms with van der Waals surface area (Å²) < 4.78 is 0. The van der Waals surface area contributed by atoms with Crippen LogP contribution >= 0.6 is 0 Å². The van der Waals surface area contributed by atoms with Crippen molar-refractivity contribution in [2.45, 2.75) is 38.6 Å². The summed E-state index contributed by atoms with van der Waals surface area (Å²) in [6.07, 6.45) is 3.34. The van der Waals surface area contributed by atoms with Gasteiger partial charge in [0.25, 0.3) is 0 Å². The fourth-order valence-electron chi connectivity index (χ4n) is 3.30. The molecule has 196 valence electrons. The SMILES string of the molecule is Cc1ccc2c(c1)CCNCC2.NC(N)=NCCCC(N)C(=O)O.O=C(O)c1ccccc1C(=O)O. The third-order valence-corrected chi connectivity index (χ3v) is 5.18. The third-order valence-electron chi connectivity index (χ3n) is 5.18. The third kappa shape index (κ3) is 11.4. The summed E-state index contributed by atoms with van der Waals surface area (Å²) in [4.78, 5) is 34.8. The number of hydrogen-bond acceptors (Lipinski definition) is 6. The van der Waals surface area contributed by atoms with Gasteiger partial charge in [-0.25, -0.2) is 9.59 Å². The Morgan fingerprint density at radius 2 is 1.50 bits per heavy atom. The van der Waals surface area contributed by atoms with Gasteiger partial charge in [-0.1, -0.05) is 35.9 Å². The number of rotatable bonds is 7. The van der Waals surface area contributed by atoms with Crippen LogP contribution < -0.4 is 22.5 Å². The van der Waals surface area contributed by atoms with E-state index >= 15 is 0 Å². The number of carbonyl (C=O) groups is 3. The van der Waals surface area contributed by atoms with Crippen molar-refractivity contribution in [3.63, 3.8) is 0 Å². The molecule has 2 aromatic carbocycles. The molecule has 1 atom stereocenters. The Morgan fingerprint density at radius 3 is 2.00 bits per heavy atom. The van der Waals surface area contributed by atoms with E-state index in [1.54, 1.807) is 5.56 Å². The number of aliphatic carboxylic acids is 1. The number of fused-ring (bicyclic) bond motifs is 1. The first kappa shape index (κ1) is 30.1. The minimum absolute atomic E-state index is 0.0129. The number of nitrogens with zero attached hydrogens (tertiary/aromatic N) is 1. The standard InChI is InChI=1S/C11H15N.C8H6O4.C6H14N4O2/c1-9-2-3-10-4-6-12-7-5-11(10)8-9;9-7(10)5-3-1-2-4-6(5)8(11)12;7-4(5(11)12)2-1-3-10-6(8)9/h2-3,8,12H,4-7H2,1H3;1-4H,(H,9,10)(H,11,12);4H,1-3,7H2,(H,11,12)(H4,8,9,10). The lowest BCUT2D eigenvalue weighted by molar-refractivity contribution is -0.138. The summed E-state index contributed by atoms with van der Waals surface area (Å²) in [5, 5.41) is 28.9. The van der Waals surface area contributed by atoms with E-state index in [1.165, 1.54) is 48.2 Å². The molecule has 0 fully saturated rings. The number of hydrogen-bond donors (Lipinski definition) is 7. The highest BCUT2D eigenvalue weighted by atomic mass is 16.4. The summed E-state index contributed by atoms with van der Waals surface area (Å²) >= 11 is 0. The van der Waals surface area contributed by atoms with Crippen LogP contribution in [0.1, 0.15) is 50.2 Å². The molecular weight excluding hydrogens is 466 g/mol. The molecule has 0 bridgehead atoms. The predicted molar refractivity (Wildman–Crippen MR) is 137 cm³/mol. The fourth-order valence-corrected chi connectivity index (χ4v) is 3.30. The van der Waals surface area contributed by atoms with Gasteiger partial charge in [0.05, 0.1) is 11.1 Å². The summed E-state index contributed by atoms with van der Waals surface area (Å²) in [7, 11) is 0. The lowest BCUT2D eigenvalue weighted by Gasteiger charge is -2.04. The Hall–Kier alpha value is -3.96. The molecule has 1 heterocycles. The van der Waals surface area contributed by atoms with Crippen LogP contribution in [0.15, 0.2) is 47.5 Å². The minimum Gasteiger partial charge on any atom is -0.480 e. The summed E-state index contributed by atoms with van der Waals surface area (Å²) in [6, 6.07) is 11.5. The first-order chi connectivity index (χ1) is 17.0. The molecule has 0 spiro atoms. The molecule has 11 heteroatoms. The molecule has 10 N–H and O–H groups in total. The first-order valence-electron chi connectivity index (χ1n) is 11.4. The lowest BCUT2D eigenvalue weighted by Crippen LogP contribution is -2.30. The van der Waals surface area contributed by atoms with E-state index in [-0.39, 0.29) is 17.1 Å². The normalized spacial score (nSPS) is 12.7. The van der Waals surface area contributed by atoms with Crippen molar-refractivity contribution in [3.05, 3.63) is 70.3 Å². The molecule has 1 aliphatic rings. The highest BCUT2D eigenvalue weighted by molar-refractivity contribution is 6.01. The average Bonchev–Trinajstić information content (AvgIpc) is 3.07. The monoisotopic (exact) mass is 501 g/mol. The maximum atomic E-state index is 10.5. The van der Waals surface area contributed by atoms with Crippen LogP contribution in [0.5, 0.6) is 0 Å². The second kappa shape index (κ2) is 15.8. The highest BCUT2D eigenvalue weighted by Crippen LogP contribution is 2.14. The Bertz CT molecular complexity index is 1020. The van der Waals surface area contributed by atoms with Gasteiger partial charge in [0.2, 0.25) is 0 Å². The van der Waals surface area contributed by atoms with E-state index < -0.39 is 23.9 Å². The zero-order valence-corrected chi connectivity index (χ0v) is 20.3. The summed E-state index contributed by atoms with van der Waals surface area (Å²) in [5.74, 6) is -3.44. The second-order valence-electron chi connectivity index (χ2n) is 8.07. The second-order valence-corrected chi connectivity index (χ2v) is 8.07. The van der Waals surface area contributed by atoms with Crippen LogP contribution in [-0.4, -0.2) is 64.9 Å². The topological polar surface area (TPSA) is 214 Å². The van der Waals surface area contributed by atoms with Crippen LogP contribution in [0.3, 0.4) is 0 Å². The number of guanidine groups is 1. The van der Waals surface area contributed by atoms with Crippen LogP contribution in [0.25, 0.3) is 0 Å². The van der Waals surface area contributed by atoms with Crippen molar-refractivity contribution in [3.8, 4) is 0 Å². The van der Waals surface area contributed by atoms with Crippen molar-refractivity contribution < 1.29 is 29.7 Å². The summed E-state index contributed by atoms with van der Waals surface area (Å²) in [5.41, 5.74) is 19.4. The van der Waals surface area contributed by atoms with Crippen molar-refractivity contribution in [1.82, 2.24) is 5.32 Å². The Labute approximate surface area is 210 Å². The van der Waals surface area contributed by atoms with Gasteiger partial charge in [0.1, 0.15) is 6.04 Å². The van der Waals surface area contributed by atoms with E-state index in [4.69, 9.17) is 32.5 Å². The molecule has 1 aliphatic heterocycles. The van der Waals surface area contributed by atoms with Crippen molar-refractivity contribution in [2.75, 3.05) is 19.6 Å². The maximum Gasteiger partial charge on any atom is 0.336 e. The number of nitrogens with one attached hydrogen (secondary N) is 1. The van der Waals surface area contributed by atoms with Crippen molar-refractivity contribution >= 4 is 23.9 Å². The first-order valence-corrected chi connectivity index (χ1v) is 11.4. The number of nitrogens with two attached hydrogens (primary N) is 3. The number of carboxylic acids is 3. The van der Waals surface area contributed by atoms with Gasteiger partial charge in [0, 0.05) is 6.54 Å². The summed E-state index contributed by atoms with van der Waals surface area (Å²) in [6.45, 7) is 4.86. The Morgan fingerprint density at radius 1 is 0.944 bits per heavy atom. The molecule has 0 saturated heterocycles. The van der Waals surface area contributed by atoms with Gasteiger partial charge < -0.3 is 37.8 Å². The molecule has 3 rings (SSSR count). The number of benzene rings is 2. The van der Waals surface area contributed by atoms with Gasteiger partial charge in [-0.05, 0) is 69.0 Å². The molecule has 0 aliphatic carbocycles. The minimum atomic E-state index is -1.23. The molecule has 0 amide bonds. The van der Waals surface area contributed by atoms with Gasteiger partial charge in [-0.3, -0.25) is 9.79 Å². The molecule has 2 aromatic rings. The Balaban J connectivity index is 0.000000270. The van der Waals surface area contributed by atoms with Gasteiger partial charge >= 0.3 is 17.9 Å². The van der Waals surface area contributed by atoms with Crippen LogP contribution in [0.4, 0.5) is 0 Å². The van der Waals surface area contributed by atoms with Gasteiger partial charge in [0.15, 0.2) is 5.96 Å². The quantitative estimate of drug-likeness (QED) is 0.163.